The monoisotopic (exact) mass is 408 g/mol. The standard InChI is InChI=1S/C23H24N2O3S/c1-4-17-7-9-18(10-8-17)23-25-20(14-29-23)13-21(26)28-16(3)22(27)24-19-11-5-15(2)6-12-19/h5-12,14,16H,4,13H2,1-3H3,(H,24,27)/t16-/m0/s1. The maximum absolute atomic E-state index is 12.2. The minimum Gasteiger partial charge on any atom is -0.452 e. The van der Waals surface area contributed by atoms with Crippen molar-refractivity contribution in [3.8, 4) is 10.6 Å². The molecule has 0 saturated heterocycles. The van der Waals surface area contributed by atoms with Crippen LogP contribution in [0.15, 0.2) is 53.9 Å². The fraction of sp³-hybridized carbons (Fsp3) is 0.261. The summed E-state index contributed by atoms with van der Waals surface area (Å²) in [7, 11) is 0. The molecular formula is C23H24N2O3S. The number of benzene rings is 2. The second-order valence-electron chi connectivity index (χ2n) is 6.86. The first-order chi connectivity index (χ1) is 13.9. The van der Waals surface area contributed by atoms with Crippen molar-refractivity contribution in [2.75, 3.05) is 5.32 Å². The van der Waals surface area contributed by atoms with Crippen molar-refractivity contribution in [1.29, 1.82) is 0 Å². The van der Waals surface area contributed by atoms with Gasteiger partial charge < -0.3 is 10.1 Å². The summed E-state index contributed by atoms with van der Waals surface area (Å²) in [5.74, 6) is -0.841. The molecule has 1 heterocycles. The van der Waals surface area contributed by atoms with Crippen LogP contribution in [0.3, 0.4) is 0 Å². The highest BCUT2D eigenvalue weighted by Gasteiger charge is 2.19. The average Bonchev–Trinajstić information content (AvgIpc) is 3.18. The first-order valence-electron chi connectivity index (χ1n) is 9.55. The summed E-state index contributed by atoms with van der Waals surface area (Å²) in [6.07, 6.45) is 0.139. The number of ether oxygens (including phenoxy) is 1. The van der Waals surface area contributed by atoms with Gasteiger partial charge in [0.15, 0.2) is 6.10 Å². The van der Waals surface area contributed by atoms with E-state index < -0.39 is 12.1 Å². The number of esters is 1. The van der Waals surface area contributed by atoms with Crippen LogP contribution in [0.1, 0.15) is 30.7 Å². The van der Waals surface area contributed by atoms with Gasteiger partial charge in [0.25, 0.3) is 5.91 Å². The SMILES string of the molecule is CCc1ccc(-c2nc(CC(=O)O[C@@H](C)C(=O)Nc3ccc(C)cc3)cs2)cc1. The molecule has 0 bridgehead atoms. The molecule has 3 aromatic rings. The Labute approximate surface area is 174 Å². The summed E-state index contributed by atoms with van der Waals surface area (Å²) in [6.45, 7) is 5.65. The van der Waals surface area contributed by atoms with Gasteiger partial charge >= 0.3 is 5.97 Å². The smallest absolute Gasteiger partial charge is 0.312 e. The molecule has 0 aliphatic rings. The van der Waals surface area contributed by atoms with Crippen molar-refractivity contribution in [1.82, 2.24) is 4.98 Å². The van der Waals surface area contributed by atoms with Gasteiger partial charge in [0.05, 0.1) is 12.1 Å². The fourth-order valence-corrected chi connectivity index (χ4v) is 3.55. The molecule has 1 atom stereocenters. The Kier molecular flexibility index (Phi) is 6.77. The number of hydrogen-bond acceptors (Lipinski definition) is 5. The molecule has 0 radical (unpaired) electrons. The molecule has 0 spiro atoms. The van der Waals surface area contributed by atoms with E-state index in [4.69, 9.17) is 4.74 Å². The molecule has 5 nitrogen and oxygen atoms in total. The highest BCUT2D eigenvalue weighted by Crippen LogP contribution is 2.24. The molecule has 1 aromatic heterocycles. The molecule has 0 unspecified atom stereocenters. The zero-order valence-corrected chi connectivity index (χ0v) is 17.6. The van der Waals surface area contributed by atoms with Gasteiger partial charge in [-0.3, -0.25) is 9.59 Å². The van der Waals surface area contributed by atoms with Crippen LogP contribution in [0.4, 0.5) is 5.69 Å². The van der Waals surface area contributed by atoms with Crippen LogP contribution in [0.2, 0.25) is 0 Å². The lowest BCUT2D eigenvalue weighted by atomic mass is 10.1. The van der Waals surface area contributed by atoms with Crippen LogP contribution in [-0.2, 0) is 27.2 Å². The number of thiazole rings is 1. The van der Waals surface area contributed by atoms with Crippen molar-refractivity contribution >= 4 is 28.9 Å². The molecule has 1 N–H and O–H groups in total. The summed E-state index contributed by atoms with van der Waals surface area (Å²) >= 11 is 1.49. The molecule has 0 aliphatic carbocycles. The number of amides is 1. The van der Waals surface area contributed by atoms with Crippen LogP contribution in [0.25, 0.3) is 10.6 Å². The lowest BCUT2D eigenvalue weighted by molar-refractivity contribution is -0.152. The van der Waals surface area contributed by atoms with E-state index in [1.807, 2.05) is 48.7 Å². The Balaban J connectivity index is 1.54. The number of anilines is 1. The second kappa shape index (κ2) is 9.47. The Morgan fingerprint density at radius 2 is 1.79 bits per heavy atom. The summed E-state index contributed by atoms with van der Waals surface area (Å²) in [4.78, 5) is 29.0. The average molecular weight is 409 g/mol. The van der Waals surface area contributed by atoms with Gasteiger partial charge in [-0.05, 0) is 38.0 Å². The maximum atomic E-state index is 12.2. The largest absolute Gasteiger partial charge is 0.452 e. The number of nitrogens with one attached hydrogen (secondary N) is 1. The summed E-state index contributed by atoms with van der Waals surface area (Å²) in [5, 5.41) is 5.45. The predicted molar refractivity (Wildman–Crippen MR) is 116 cm³/mol. The molecule has 3 rings (SSSR count). The molecule has 2 aromatic carbocycles. The van der Waals surface area contributed by atoms with Crippen molar-refractivity contribution in [3.05, 3.63) is 70.7 Å². The Morgan fingerprint density at radius 1 is 1.10 bits per heavy atom. The van der Waals surface area contributed by atoms with Gasteiger partial charge in [-0.25, -0.2) is 4.98 Å². The molecule has 6 heteroatoms. The molecule has 0 saturated carbocycles. The lowest BCUT2D eigenvalue weighted by Crippen LogP contribution is -2.30. The summed E-state index contributed by atoms with van der Waals surface area (Å²) in [6, 6.07) is 15.7. The molecule has 0 fully saturated rings. The highest BCUT2D eigenvalue weighted by atomic mass is 32.1. The molecule has 1 amide bonds. The van der Waals surface area contributed by atoms with Gasteiger partial charge in [-0.15, -0.1) is 11.3 Å². The fourth-order valence-electron chi connectivity index (χ4n) is 2.72. The van der Waals surface area contributed by atoms with Crippen LogP contribution >= 0.6 is 11.3 Å². The number of carbonyl (C=O) groups is 2. The summed E-state index contributed by atoms with van der Waals surface area (Å²) < 4.78 is 5.27. The van der Waals surface area contributed by atoms with Gasteiger partial charge in [0.2, 0.25) is 0 Å². The van der Waals surface area contributed by atoms with Crippen molar-refractivity contribution in [3.63, 3.8) is 0 Å². The van der Waals surface area contributed by atoms with Crippen molar-refractivity contribution in [2.45, 2.75) is 39.7 Å². The first kappa shape index (κ1) is 20.7. The molecule has 0 aliphatic heterocycles. The first-order valence-corrected chi connectivity index (χ1v) is 10.4. The molecule has 29 heavy (non-hydrogen) atoms. The van der Waals surface area contributed by atoms with E-state index in [-0.39, 0.29) is 12.3 Å². The van der Waals surface area contributed by atoms with E-state index in [0.29, 0.717) is 11.4 Å². The van der Waals surface area contributed by atoms with Crippen LogP contribution in [0.5, 0.6) is 0 Å². The molecule has 150 valence electrons. The van der Waals surface area contributed by atoms with E-state index in [1.54, 1.807) is 6.92 Å². The number of aryl methyl sites for hydroxylation is 2. The number of hydrogen-bond donors (Lipinski definition) is 1. The van der Waals surface area contributed by atoms with Gasteiger partial charge in [-0.1, -0.05) is 48.9 Å². The zero-order valence-electron chi connectivity index (χ0n) is 16.8. The summed E-state index contributed by atoms with van der Waals surface area (Å²) in [5.41, 5.74) is 4.71. The third kappa shape index (κ3) is 5.74. The highest BCUT2D eigenvalue weighted by molar-refractivity contribution is 7.13. The number of rotatable bonds is 7. The number of carbonyl (C=O) groups excluding carboxylic acids is 2. The van der Waals surface area contributed by atoms with Crippen molar-refractivity contribution in [2.24, 2.45) is 0 Å². The van der Waals surface area contributed by atoms with Crippen LogP contribution in [0, 0.1) is 6.92 Å². The third-order valence-electron chi connectivity index (χ3n) is 4.48. The number of aromatic nitrogens is 1. The lowest BCUT2D eigenvalue weighted by Gasteiger charge is -2.13. The maximum Gasteiger partial charge on any atom is 0.312 e. The third-order valence-corrected chi connectivity index (χ3v) is 5.42. The Morgan fingerprint density at radius 3 is 2.45 bits per heavy atom. The van der Waals surface area contributed by atoms with E-state index in [2.05, 4.69) is 29.4 Å². The van der Waals surface area contributed by atoms with Crippen LogP contribution in [-0.4, -0.2) is 23.0 Å². The normalized spacial score (nSPS) is 11.7. The predicted octanol–water partition coefficient (Wildman–Crippen LogP) is 4.79. The minimum absolute atomic E-state index is 0.0334. The minimum atomic E-state index is -0.886. The zero-order chi connectivity index (χ0) is 20.8. The topological polar surface area (TPSA) is 68.3 Å². The van der Waals surface area contributed by atoms with E-state index in [1.165, 1.54) is 16.9 Å². The molecular weight excluding hydrogens is 384 g/mol. The van der Waals surface area contributed by atoms with Crippen molar-refractivity contribution < 1.29 is 14.3 Å². The van der Waals surface area contributed by atoms with Gasteiger partial charge in [0.1, 0.15) is 5.01 Å². The quantitative estimate of drug-likeness (QED) is 0.571. The van der Waals surface area contributed by atoms with Crippen LogP contribution < -0.4 is 5.32 Å². The van der Waals surface area contributed by atoms with E-state index in [9.17, 15) is 9.59 Å². The van der Waals surface area contributed by atoms with E-state index >= 15 is 0 Å². The van der Waals surface area contributed by atoms with E-state index in [0.717, 1.165) is 22.6 Å². The van der Waals surface area contributed by atoms with Gasteiger partial charge in [0, 0.05) is 16.6 Å². The second-order valence-corrected chi connectivity index (χ2v) is 7.72. The van der Waals surface area contributed by atoms with Gasteiger partial charge in [-0.2, -0.15) is 0 Å². The number of nitrogens with zero attached hydrogens (tertiary/aromatic N) is 1. The Bertz CT molecular complexity index is 978. The Hall–Kier alpha value is -2.99.